The number of aromatic amines is 1. The molecule has 0 spiro atoms. The summed E-state index contributed by atoms with van der Waals surface area (Å²) in [5, 5.41) is 0. The Labute approximate surface area is 204 Å². The molecule has 188 valence electrons. The van der Waals surface area contributed by atoms with Gasteiger partial charge >= 0.3 is 11.7 Å². The van der Waals surface area contributed by atoms with E-state index in [0.29, 0.717) is 35.6 Å². The first-order chi connectivity index (χ1) is 16.7. The zero-order valence-corrected chi connectivity index (χ0v) is 20.9. The van der Waals surface area contributed by atoms with Gasteiger partial charge in [-0.1, -0.05) is 58.4 Å². The Morgan fingerprint density at radius 2 is 1.80 bits per heavy atom. The van der Waals surface area contributed by atoms with Gasteiger partial charge in [-0.15, -0.1) is 0 Å². The van der Waals surface area contributed by atoms with Crippen LogP contribution in [0, 0.1) is 5.92 Å². The predicted octanol–water partition coefficient (Wildman–Crippen LogP) is 3.26. The number of benzene rings is 1. The van der Waals surface area contributed by atoms with E-state index < -0.39 is 17.2 Å². The summed E-state index contributed by atoms with van der Waals surface area (Å²) in [6, 6.07) is 7.24. The second kappa shape index (κ2) is 11.8. The molecule has 0 saturated carbocycles. The van der Waals surface area contributed by atoms with Crippen molar-refractivity contribution in [2.24, 2.45) is 5.92 Å². The van der Waals surface area contributed by atoms with Crippen LogP contribution in [0.15, 0.2) is 33.9 Å². The molecule has 35 heavy (non-hydrogen) atoms. The highest BCUT2D eigenvalue weighted by Crippen LogP contribution is 2.16. The molecular formula is C26H34N4O5. The molecule has 0 aliphatic carbocycles. The molecule has 1 N–H and O–H groups in total. The first-order valence-corrected chi connectivity index (χ1v) is 12.2. The molecule has 2 aromatic heterocycles. The van der Waals surface area contributed by atoms with Gasteiger partial charge in [0, 0.05) is 25.1 Å². The second-order valence-corrected chi connectivity index (χ2v) is 9.10. The summed E-state index contributed by atoms with van der Waals surface area (Å²) >= 11 is 0. The maximum absolute atomic E-state index is 12.7. The number of aromatic nitrogens is 4. The van der Waals surface area contributed by atoms with Crippen LogP contribution in [0.2, 0.25) is 0 Å². The molecule has 0 fully saturated rings. The Hall–Kier alpha value is -3.49. The van der Waals surface area contributed by atoms with Crippen LogP contribution in [0.1, 0.15) is 68.7 Å². The minimum absolute atomic E-state index is 0.000562. The minimum atomic E-state index is -0.524. The van der Waals surface area contributed by atoms with Gasteiger partial charge in [0.25, 0.3) is 5.56 Å². The lowest BCUT2D eigenvalue weighted by Gasteiger charge is -2.11. The molecule has 0 saturated heterocycles. The topological polar surface area (TPSA) is 116 Å². The summed E-state index contributed by atoms with van der Waals surface area (Å²) in [7, 11) is 0. The van der Waals surface area contributed by atoms with Crippen LogP contribution >= 0.6 is 0 Å². The first kappa shape index (κ1) is 26.1. The van der Waals surface area contributed by atoms with Crippen LogP contribution in [0.3, 0.4) is 0 Å². The van der Waals surface area contributed by atoms with Crippen LogP contribution in [0.5, 0.6) is 0 Å². The Balaban J connectivity index is 1.76. The molecule has 0 unspecified atom stereocenters. The number of unbranched alkanes of at least 4 members (excludes halogenated alkanes) is 1. The fraction of sp³-hybridized carbons (Fsp3) is 0.500. The normalized spacial score (nSPS) is 11.3. The number of fused-ring (bicyclic) bond motifs is 1. The Kier molecular flexibility index (Phi) is 8.78. The number of ketones is 1. The third-order valence-corrected chi connectivity index (χ3v) is 5.85. The van der Waals surface area contributed by atoms with Crippen molar-refractivity contribution >= 4 is 22.9 Å². The Morgan fingerprint density at radius 3 is 2.43 bits per heavy atom. The van der Waals surface area contributed by atoms with Gasteiger partial charge in [-0.2, -0.15) is 0 Å². The Morgan fingerprint density at radius 1 is 1.09 bits per heavy atom. The number of carbonyl (C=O) groups is 2. The SMILES string of the molecule is CCCCn1c(=O)[nH]c(=O)c2c1nc(CCC(=O)OCC(=O)c1ccc(CC)cc1)n2CC(C)C. The number of nitrogens with zero attached hydrogens (tertiary/aromatic N) is 3. The molecule has 0 bridgehead atoms. The maximum atomic E-state index is 12.7. The number of rotatable bonds is 12. The number of esters is 1. The quantitative estimate of drug-likeness (QED) is 0.313. The summed E-state index contributed by atoms with van der Waals surface area (Å²) in [5.41, 5.74) is 1.33. The van der Waals surface area contributed by atoms with Crippen molar-refractivity contribution in [3.8, 4) is 0 Å². The van der Waals surface area contributed by atoms with E-state index in [4.69, 9.17) is 4.74 Å². The summed E-state index contributed by atoms with van der Waals surface area (Å²) < 4.78 is 8.48. The van der Waals surface area contributed by atoms with Crippen LogP contribution in [0.4, 0.5) is 0 Å². The van der Waals surface area contributed by atoms with Gasteiger partial charge in [-0.25, -0.2) is 9.78 Å². The van der Waals surface area contributed by atoms with E-state index in [2.05, 4.69) is 9.97 Å². The molecular weight excluding hydrogens is 448 g/mol. The van der Waals surface area contributed by atoms with E-state index in [9.17, 15) is 19.2 Å². The summed E-state index contributed by atoms with van der Waals surface area (Å²) in [5.74, 6) is -0.0396. The molecule has 0 atom stereocenters. The molecule has 3 aromatic rings. The molecule has 0 amide bonds. The molecule has 0 radical (unpaired) electrons. The lowest BCUT2D eigenvalue weighted by molar-refractivity contribution is -0.142. The van der Waals surface area contributed by atoms with Crippen molar-refractivity contribution in [3.63, 3.8) is 0 Å². The zero-order chi connectivity index (χ0) is 25.5. The molecule has 9 nitrogen and oxygen atoms in total. The highest BCUT2D eigenvalue weighted by molar-refractivity contribution is 5.97. The molecule has 2 heterocycles. The van der Waals surface area contributed by atoms with Gasteiger partial charge in [0.2, 0.25) is 0 Å². The molecule has 0 aliphatic heterocycles. The number of nitrogens with one attached hydrogen (secondary N) is 1. The van der Waals surface area contributed by atoms with E-state index in [-0.39, 0.29) is 31.1 Å². The molecule has 9 heteroatoms. The number of hydrogen-bond acceptors (Lipinski definition) is 6. The highest BCUT2D eigenvalue weighted by atomic mass is 16.5. The smallest absolute Gasteiger partial charge is 0.330 e. The van der Waals surface area contributed by atoms with Gasteiger partial charge in [0.05, 0.1) is 6.42 Å². The fourth-order valence-electron chi connectivity index (χ4n) is 3.94. The number of Topliss-reactive ketones (excluding diaryl/α,β-unsaturated/α-hetero) is 1. The van der Waals surface area contributed by atoms with E-state index >= 15 is 0 Å². The van der Waals surface area contributed by atoms with E-state index in [1.807, 2.05) is 39.8 Å². The fourth-order valence-corrected chi connectivity index (χ4v) is 3.94. The third kappa shape index (κ3) is 6.35. The Bertz CT molecular complexity index is 1300. The standard InChI is InChI=1S/C26H34N4O5/c1-5-7-14-29-24-23(25(33)28-26(29)34)30(15-17(3)4)21(27-24)12-13-22(32)35-16-20(31)19-10-8-18(6-2)9-11-19/h8-11,17H,5-7,12-16H2,1-4H3,(H,28,33,34). The van der Waals surface area contributed by atoms with Crippen LogP contribution in [0.25, 0.3) is 11.2 Å². The van der Waals surface area contributed by atoms with E-state index in [1.54, 1.807) is 16.7 Å². The zero-order valence-electron chi connectivity index (χ0n) is 20.9. The summed E-state index contributed by atoms with van der Waals surface area (Å²) in [6.45, 7) is 8.73. The molecule has 1 aromatic carbocycles. The van der Waals surface area contributed by atoms with Crippen molar-refractivity contribution in [2.45, 2.75) is 72.9 Å². The number of imidazole rings is 1. The average Bonchev–Trinajstić information content (AvgIpc) is 3.18. The average molecular weight is 483 g/mol. The summed E-state index contributed by atoms with van der Waals surface area (Å²) in [6.07, 6.45) is 2.77. The number of ether oxygens (including phenoxy) is 1. The van der Waals surface area contributed by atoms with Crippen molar-refractivity contribution in [2.75, 3.05) is 6.61 Å². The van der Waals surface area contributed by atoms with Gasteiger partial charge < -0.3 is 9.30 Å². The number of aryl methyl sites for hydroxylation is 3. The van der Waals surface area contributed by atoms with Gasteiger partial charge in [-0.05, 0) is 24.3 Å². The monoisotopic (exact) mass is 482 g/mol. The maximum Gasteiger partial charge on any atom is 0.330 e. The number of H-pyrrole nitrogens is 1. The largest absolute Gasteiger partial charge is 0.457 e. The predicted molar refractivity (Wildman–Crippen MR) is 134 cm³/mol. The van der Waals surface area contributed by atoms with E-state index in [0.717, 1.165) is 24.8 Å². The molecule has 0 aliphatic rings. The third-order valence-electron chi connectivity index (χ3n) is 5.85. The van der Waals surface area contributed by atoms with Gasteiger partial charge in [-0.3, -0.25) is 23.9 Å². The lowest BCUT2D eigenvalue weighted by Crippen LogP contribution is -2.31. The second-order valence-electron chi connectivity index (χ2n) is 9.10. The van der Waals surface area contributed by atoms with E-state index in [1.165, 1.54) is 4.57 Å². The van der Waals surface area contributed by atoms with Crippen LogP contribution < -0.4 is 11.2 Å². The van der Waals surface area contributed by atoms with Gasteiger partial charge in [0.1, 0.15) is 5.82 Å². The summed E-state index contributed by atoms with van der Waals surface area (Å²) in [4.78, 5) is 56.8. The van der Waals surface area contributed by atoms with Gasteiger partial charge in [0.15, 0.2) is 23.6 Å². The van der Waals surface area contributed by atoms with Crippen LogP contribution in [-0.4, -0.2) is 37.5 Å². The van der Waals surface area contributed by atoms with Crippen molar-refractivity contribution in [1.82, 2.24) is 19.1 Å². The minimum Gasteiger partial charge on any atom is -0.457 e. The van der Waals surface area contributed by atoms with Crippen molar-refractivity contribution in [1.29, 1.82) is 0 Å². The lowest BCUT2D eigenvalue weighted by atomic mass is 10.1. The first-order valence-electron chi connectivity index (χ1n) is 12.2. The van der Waals surface area contributed by atoms with Crippen molar-refractivity contribution < 1.29 is 14.3 Å². The van der Waals surface area contributed by atoms with Crippen LogP contribution in [-0.2, 0) is 35.5 Å². The number of hydrogen-bond donors (Lipinski definition) is 1. The molecule has 3 rings (SSSR count). The highest BCUT2D eigenvalue weighted by Gasteiger charge is 2.20. The van der Waals surface area contributed by atoms with Crippen molar-refractivity contribution in [3.05, 3.63) is 62.1 Å². The number of carbonyl (C=O) groups excluding carboxylic acids is 2.